The van der Waals surface area contributed by atoms with Crippen molar-refractivity contribution in [1.29, 1.82) is 5.26 Å². The van der Waals surface area contributed by atoms with Crippen molar-refractivity contribution < 1.29 is 13.5 Å². The van der Waals surface area contributed by atoms with Gasteiger partial charge >= 0.3 is 4.87 Å². The Morgan fingerprint density at radius 1 is 1.29 bits per heavy atom. The van der Waals surface area contributed by atoms with E-state index in [9.17, 15) is 4.79 Å². The predicted octanol–water partition coefficient (Wildman–Crippen LogP) is 5.50. The molecule has 2 heterocycles. The molecular formula is C20H11Cl2FN4O3S. The van der Waals surface area contributed by atoms with Crippen molar-refractivity contribution in [2.75, 3.05) is 0 Å². The van der Waals surface area contributed by atoms with E-state index in [1.807, 2.05) is 6.07 Å². The Morgan fingerprint density at radius 2 is 2.10 bits per heavy atom. The molecule has 7 nitrogen and oxygen atoms in total. The fourth-order valence-electron chi connectivity index (χ4n) is 2.80. The summed E-state index contributed by atoms with van der Waals surface area (Å²) < 4.78 is 26.3. The van der Waals surface area contributed by atoms with Crippen LogP contribution in [-0.2, 0) is 6.42 Å². The van der Waals surface area contributed by atoms with Gasteiger partial charge in [0.1, 0.15) is 10.6 Å². The van der Waals surface area contributed by atoms with Gasteiger partial charge in [0, 0.05) is 16.3 Å². The van der Waals surface area contributed by atoms with Gasteiger partial charge in [-0.05, 0) is 31.2 Å². The maximum atomic E-state index is 15.1. The van der Waals surface area contributed by atoms with Gasteiger partial charge in [0.15, 0.2) is 11.6 Å². The highest BCUT2D eigenvalue weighted by atomic mass is 35.5. The van der Waals surface area contributed by atoms with E-state index in [-0.39, 0.29) is 55.7 Å². The Labute approximate surface area is 188 Å². The van der Waals surface area contributed by atoms with Gasteiger partial charge in [-0.15, -0.1) is 10.2 Å². The quantitative estimate of drug-likeness (QED) is 0.407. The summed E-state index contributed by atoms with van der Waals surface area (Å²) in [4.78, 5) is 14.4. The van der Waals surface area contributed by atoms with Crippen molar-refractivity contribution in [3.8, 4) is 28.3 Å². The second-order valence-corrected chi connectivity index (χ2v) is 8.21. The van der Waals surface area contributed by atoms with Crippen LogP contribution in [0.25, 0.3) is 10.8 Å². The molecule has 0 aliphatic heterocycles. The molecule has 0 radical (unpaired) electrons. The molecule has 0 spiro atoms. The lowest BCUT2D eigenvalue weighted by Gasteiger charge is -2.11. The minimum Gasteiger partial charge on any atom is -0.453 e. The number of ether oxygens (including phenoxy) is 1. The van der Waals surface area contributed by atoms with Gasteiger partial charge in [-0.1, -0.05) is 40.6 Å². The highest BCUT2D eigenvalue weighted by Gasteiger charge is 2.19. The van der Waals surface area contributed by atoms with Crippen LogP contribution >= 0.6 is 34.5 Å². The summed E-state index contributed by atoms with van der Waals surface area (Å²) in [5, 5.41) is 17.2. The molecule has 0 fully saturated rings. The maximum Gasteiger partial charge on any atom is 0.305 e. The molecule has 2 aromatic carbocycles. The van der Waals surface area contributed by atoms with Gasteiger partial charge in [-0.25, -0.2) is 4.39 Å². The van der Waals surface area contributed by atoms with Crippen LogP contribution in [0.2, 0.25) is 10.0 Å². The normalized spacial score (nSPS) is 10.8. The van der Waals surface area contributed by atoms with Gasteiger partial charge < -0.3 is 14.1 Å². The number of thiazole rings is 1. The molecule has 0 bridgehead atoms. The molecule has 0 atom stereocenters. The fraction of sp³-hybridized carbons (Fsp3) is 0.100. The van der Waals surface area contributed by atoms with Crippen LogP contribution in [0.5, 0.6) is 11.5 Å². The molecule has 4 rings (SSSR count). The number of benzene rings is 2. The summed E-state index contributed by atoms with van der Waals surface area (Å²) >= 11 is 13.0. The van der Waals surface area contributed by atoms with Crippen molar-refractivity contribution in [3.05, 3.63) is 78.6 Å². The molecule has 2 aromatic heterocycles. The van der Waals surface area contributed by atoms with E-state index in [0.29, 0.717) is 10.6 Å². The third-order valence-corrected chi connectivity index (χ3v) is 5.67. The van der Waals surface area contributed by atoms with Crippen molar-refractivity contribution in [3.63, 3.8) is 0 Å². The van der Waals surface area contributed by atoms with Crippen LogP contribution in [0, 0.1) is 24.1 Å². The van der Waals surface area contributed by atoms with Crippen LogP contribution in [0.3, 0.4) is 0 Å². The van der Waals surface area contributed by atoms with E-state index in [2.05, 4.69) is 15.2 Å². The Hall–Kier alpha value is -3.19. The monoisotopic (exact) mass is 476 g/mol. The van der Waals surface area contributed by atoms with E-state index in [1.165, 1.54) is 30.3 Å². The van der Waals surface area contributed by atoms with Crippen molar-refractivity contribution in [1.82, 2.24) is 15.2 Å². The highest BCUT2D eigenvalue weighted by molar-refractivity contribution is 7.12. The van der Waals surface area contributed by atoms with E-state index in [4.69, 9.17) is 37.6 Å². The Morgan fingerprint density at radius 3 is 2.81 bits per heavy atom. The van der Waals surface area contributed by atoms with E-state index in [1.54, 1.807) is 6.92 Å². The SMILES string of the molecule is Cc1[nH]c(=O)sc1-c1nnc(Cc2ccc(Cl)c(Oc3cc(Cl)cc(C#N)c3)c2F)o1. The molecule has 156 valence electrons. The molecule has 0 aliphatic rings. The van der Waals surface area contributed by atoms with Crippen molar-refractivity contribution >= 4 is 34.5 Å². The average Bonchev–Trinajstić information content (AvgIpc) is 3.32. The zero-order valence-corrected chi connectivity index (χ0v) is 18.0. The Balaban J connectivity index is 1.63. The minimum absolute atomic E-state index is 0.0241. The lowest BCUT2D eigenvalue weighted by molar-refractivity contribution is 0.437. The summed E-state index contributed by atoms with van der Waals surface area (Å²) in [7, 11) is 0. The second-order valence-electron chi connectivity index (χ2n) is 6.39. The summed E-state index contributed by atoms with van der Waals surface area (Å²) in [5.41, 5.74) is 1.07. The number of H-pyrrole nitrogens is 1. The van der Waals surface area contributed by atoms with Crippen LogP contribution in [0.15, 0.2) is 39.5 Å². The number of hydrogen-bond donors (Lipinski definition) is 1. The molecule has 11 heteroatoms. The van der Waals surface area contributed by atoms with Crippen molar-refractivity contribution in [2.24, 2.45) is 0 Å². The molecule has 0 unspecified atom stereocenters. The predicted molar refractivity (Wildman–Crippen MR) is 113 cm³/mol. The minimum atomic E-state index is -0.715. The smallest absolute Gasteiger partial charge is 0.305 e. The first-order chi connectivity index (χ1) is 14.8. The summed E-state index contributed by atoms with van der Waals surface area (Å²) in [6.45, 7) is 1.72. The molecule has 31 heavy (non-hydrogen) atoms. The first-order valence-electron chi connectivity index (χ1n) is 8.72. The van der Waals surface area contributed by atoms with Gasteiger partial charge in [0.2, 0.25) is 5.89 Å². The molecular weight excluding hydrogens is 466 g/mol. The number of aromatic amines is 1. The number of aromatic nitrogens is 3. The molecule has 0 amide bonds. The molecule has 0 saturated carbocycles. The first-order valence-corrected chi connectivity index (χ1v) is 10.3. The van der Waals surface area contributed by atoms with E-state index in [0.717, 1.165) is 11.3 Å². The molecule has 1 N–H and O–H groups in total. The number of nitrogens with zero attached hydrogens (tertiary/aromatic N) is 3. The lowest BCUT2D eigenvalue weighted by Crippen LogP contribution is -1.98. The summed E-state index contributed by atoms with van der Waals surface area (Å²) in [6.07, 6.45) is -0.0241. The largest absolute Gasteiger partial charge is 0.453 e. The van der Waals surface area contributed by atoms with Gasteiger partial charge in [-0.3, -0.25) is 4.79 Å². The van der Waals surface area contributed by atoms with Gasteiger partial charge in [-0.2, -0.15) is 5.26 Å². The van der Waals surface area contributed by atoms with E-state index >= 15 is 4.39 Å². The first kappa shape index (κ1) is 21.1. The standard InChI is InChI=1S/C20H11Cl2FN4O3S/c1-9-18(31-20(28)25-9)19-27-26-15(30-19)6-11-2-3-14(22)17(16(11)23)29-13-5-10(8-24)4-12(21)7-13/h2-5,7H,6H2,1H3,(H,25,28). The number of nitrogens with one attached hydrogen (secondary N) is 1. The van der Waals surface area contributed by atoms with Crippen molar-refractivity contribution in [2.45, 2.75) is 13.3 Å². The third kappa shape index (κ3) is 4.46. The van der Waals surface area contributed by atoms with Crippen LogP contribution in [0.1, 0.15) is 22.7 Å². The average molecular weight is 477 g/mol. The number of hydrogen-bond acceptors (Lipinski definition) is 7. The molecule has 4 aromatic rings. The molecule has 0 aliphatic carbocycles. The van der Waals surface area contributed by atoms with Gasteiger partial charge in [0.05, 0.1) is 23.1 Å². The van der Waals surface area contributed by atoms with Crippen LogP contribution in [0.4, 0.5) is 4.39 Å². The zero-order chi connectivity index (χ0) is 22.1. The van der Waals surface area contributed by atoms with Crippen LogP contribution < -0.4 is 9.61 Å². The lowest BCUT2D eigenvalue weighted by atomic mass is 10.1. The van der Waals surface area contributed by atoms with Gasteiger partial charge in [0.25, 0.3) is 5.89 Å². The third-order valence-electron chi connectivity index (χ3n) is 4.18. The maximum absolute atomic E-state index is 15.1. The Bertz CT molecular complexity index is 1390. The number of nitriles is 1. The van der Waals surface area contributed by atoms with E-state index < -0.39 is 5.82 Å². The number of halogens is 3. The topological polar surface area (TPSA) is 105 Å². The summed E-state index contributed by atoms with van der Waals surface area (Å²) in [5.74, 6) is -0.445. The summed E-state index contributed by atoms with van der Waals surface area (Å²) in [6, 6.07) is 9.23. The molecule has 0 saturated heterocycles. The Kier molecular flexibility index (Phi) is 5.78. The number of aryl methyl sites for hydroxylation is 1. The second kappa shape index (κ2) is 8.51. The number of rotatable bonds is 5. The fourth-order valence-corrected chi connectivity index (χ4v) is 3.97. The zero-order valence-electron chi connectivity index (χ0n) is 15.7. The van der Waals surface area contributed by atoms with Crippen LogP contribution in [-0.4, -0.2) is 15.2 Å². The highest BCUT2D eigenvalue weighted by Crippen LogP contribution is 2.36.